The summed E-state index contributed by atoms with van der Waals surface area (Å²) in [5.74, 6) is 0. The van der Waals surface area contributed by atoms with Gasteiger partial charge in [0, 0.05) is 0 Å². The van der Waals surface area contributed by atoms with Gasteiger partial charge in [-0.2, -0.15) is 0 Å². The van der Waals surface area contributed by atoms with E-state index < -0.39 is 0 Å². The summed E-state index contributed by atoms with van der Waals surface area (Å²) in [6, 6.07) is 7.64. The first-order valence-electron chi connectivity index (χ1n) is 4.54. The molecule has 0 amide bonds. The highest BCUT2D eigenvalue weighted by molar-refractivity contribution is 5.51. The Kier molecular flexibility index (Phi) is 6.72. The first-order valence-corrected chi connectivity index (χ1v) is 4.54. The van der Waals surface area contributed by atoms with Gasteiger partial charge in [0.25, 0.3) is 0 Å². The SMILES string of the molecule is C=Cc1ccccc1CO.CN(C)C. The number of nitrogens with zero attached hydrogens (tertiary/aromatic N) is 1. The maximum absolute atomic E-state index is 8.80. The summed E-state index contributed by atoms with van der Waals surface area (Å²) < 4.78 is 0. The first kappa shape index (κ1) is 12.9. The Morgan fingerprint density at radius 1 is 1.29 bits per heavy atom. The molecule has 0 fully saturated rings. The van der Waals surface area contributed by atoms with Gasteiger partial charge >= 0.3 is 0 Å². The molecule has 14 heavy (non-hydrogen) atoms. The van der Waals surface area contributed by atoms with E-state index in [2.05, 4.69) is 6.58 Å². The van der Waals surface area contributed by atoms with E-state index in [4.69, 9.17) is 5.11 Å². The molecule has 0 bridgehead atoms. The van der Waals surface area contributed by atoms with Gasteiger partial charge < -0.3 is 10.0 Å². The molecule has 0 spiro atoms. The molecule has 0 aliphatic heterocycles. The summed E-state index contributed by atoms with van der Waals surface area (Å²) in [5, 5.41) is 8.80. The highest BCUT2D eigenvalue weighted by Crippen LogP contribution is 2.08. The Morgan fingerprint density at radius 3 is 2.14 bits per heavy atom. The number of aliphatic hydroxyl groups excluding tert-OH is 1. The predicted molar refractivity (Wildman–Crippen MR) is 62.1 cm³/mol. The van der Waals surface area contributed by atoms with Gasteiger partial charge in [0.05, 0.1) is 6.61 Å². The third-order valence-electron chi connectivity index (χ3n) is 1.45. The number of benzene rings is 1. The Bertz CT molecular complexity index is 266. The standard InChI is InChI=1S/C9H10O.C3H9N/c1-2-8-5-3-4-6-9(8)7-10;1-4(2)3/h2-6,10H,1,7H2;1-3H3. The van der Waals surface area contributed by atoms with Gasteiger partial charge in [-0.05, 0) is 32.3 Å². The quantitative estimate of drug-likeness (QED) is 0.776. The summed E-state index contributed by atoms with van der Waals surface area (Å²) in [5.41, 5.74) is 1.93. The average Bonchev–Trinajstić information content (AvgIpc) is 2.17. The maximum atomic E-state index is 8.80. The van der Waals surface area contributed by atoms with Crippen molar-refractivity contribution in [3.63, 3.8) is 0 Å². The molecule has 1 N–H and O–H groups in total. The van der Waals surface area contributed by atoms with Crippen LogP contribution in [0, 0.1) is 0 Å². The van der Waals surface area contributed by atoms with Crippen molar-refractivity contribution in [1.29, 1.82) is 0 Å². The fraction of sp³-hybridized carbons (Fsp3) is 0.333. The van der Waals surface area contributed by atoms with Crippen LogP contribution in [-0.2, 0) is 6.61 Å². The lowest BCUT2D eigenvalue weighted by atomic mass is 10.1. The zero-order chi connectivity index (χ0) is 11.0. The van der Waals surface area contributed by atoms with Crippen LogP contribution in [0.3, 0.4) is 0 Å². The van der Waals surface area contributed by atoms with Crippen LogP contribution in [-0.4, -0.2) is 31.1 Å². The van der Waals surface area contributed by atoms with Gasteiger partial charge in [0.2, 0.25) is 0 Å². The lowest BCUT2D eigenvalue weighted by Crippen LogP contribution is -1.99. The minimum Gasteiger partial charge on any atom is -0.392 e. The Hall–Kier alpha value is -1.12. The van der Waals surface area contributed by atoms with Gasteiger partial charge in [-0.3, -0.25) is 0 Å². The number of aliphatic hydroxyl groups is 1. The average molecular weight is 193 g/mol. The highest BCUT2D eigenvalue weighted by atomic mass is 16.3. The second kappa shape index (κ2) is 7.30. The molecule has 78 valence electrons. The molecule has 0 aliphatic carbocycles. The van der Waals surface area contributed by atoms with Gasteiger partial charge in [0.1, 0.15) is 0 Å². The van der Waals surface area contributed by atoms with Crippen molar-refractivity contribution in [2.75, 3.05) is 21.1 Å². The third kappa shape index (κ3) is 5.51. The van der Waals surface area contributed by atoms with Crippen LogP contribution in [0.25, 0.3) is 6.08 Å². The summed E-state index contributed by atoms with van der Waals surface area (Å²) >= 11 is 0. The van der Waals surface area contributed by atoms with Gasteiger partial charge in [-0.25, -0.2) is 0 Å². The lowest BCUT2D eigenvalue weighted by Gasteiger charge is -1.99. The summed E-state index contributed by atoms with van der Waals surface area (Å²) in [7, 11) is 6.00. The normalized spacial score (nSPS) is 9.21. The van der Waals surface area contributed by atoms with Gasteiger partial charge in [0.15, 0.2) is 0 Å². The number of hydrogen-bond acceptors (Lipinski definition) is 2. The molecule has 0 saturated carbocycles. The van der Waals surface area contributed by atoms with Crippen LogP contribution in [0.5, 0.6) is 0 Å². The molecule has 1 aromatic carbocycles. The van der Waals surface area contributed by atoms with E-state index in [0.717, 1.165) is 11.1 Å². The van der Waals surface area contributed by atoms with Crippen molar-refractivity contribution < 1.29 is 5.11 Å². The second-order valence-electron chi connectivity index (χ2n) is 3.40. The van der Waals surface area contributed by atoms with E-state index in [1.807, 2.05) is 50.3 Å². The minimum absolute atomic E-state index is 0.0855. The molecule has 0 unspecified atom stereocenters. The van der Waals surface area contributed by atoms with E-state index in [0.29, 0.717) is 0 Å². The molecule has 0 saturated heterocycles. The minimum atomic E-state index is 0.0855. The molecule has 0 aliphatic rings. The number of hydrogen-bond donors (Lipinski definition) is 1. The van der Waals surface area contributed by atoms with Crippen LogP contribution >= 0.6 is 0 Å². The van der Waals surface area contributed by atoms with Crippen molar-refractivity contribution in [3.05, 3.63) is 42.0 Å². The van der Waals surface area contributed by atoms with Crippen LogP contribution < -0.4 is 0 Å². The van der Waals surface area contributed by atoms with E-state index in [1.54, 1.807) is 6.08 Å². The molecular weight excluding hydrogens is 174 g/mol. The first-order chi connectivity index (χ1) is 6.61. The molecule has 2 nitrogen and oxygen atoms in total. The predicted octanol–water partition coefficient (Wildman–Crippen LogP) is 2.00. The zero-order valence-electron chi connectivity index (χ0n) is 9.20. The second-order valence-corrected chi connectivity index (χ2v) is 3.40. The van der Waals surface area contributed by atoms with Crippen LogP contribution in [0.1, 0.15) is 11.1 Å². The maximum Gasteiger partial charge on any atom is 0.0687 e. The Labute approximate surface area is 86.5 Å². The molecule has 2 heteroatoms. The van der Waals surface area contributed by atoms with Crippen molar-refractivity contribution in [3.8, 4) is 0 Å². The molecule has 1 rings (SSSR count). The Morgan fingerprint density at radius 2 is 1.79 bits per heavy atom. The molecule has 0 heterocycles. The summed E-state index contributed by atoms with van der Waals surface area (Å²) in [6.07, 6.45) is 1.74. The smallest absolute Gasteiger partial charge is 0.0687 e. The van der Waals surface area contributed by atoms with Crippen molar-refractivity contribution in [2.24, 2.45) is 0 Å². The molecule has 0 aromatic heterocycles. The van der Waals surface area contributed by atoms with Gasteiger partial charge in [-0.15, -0.1) is 0 Å². The fourth-order valence-corrected chi connectivity index (χ4v) is 0.877. The van der Waals surface area contributed by atoms with E-state index in [9.17, 15) is 0 Å². The Balaban J connectivity index is 0.000000364. The van der Waals surface area contributed by atoms with Crippen LogP contribution in [0.15, 0.2) is 30.8 Å². The topological polar surface area (TPSA) is 23.5 Å². The molecule has 1 aromatic rings. The summed E-state index contributed by atoms with van der Waals surface area (Å²) in [4.78, 5) is 2.00. The van der Waals surface area contributed by atoms with E-state index in [1.165, 1.54) is 0 Å². The number of rotatable bonds is 2. The lowest BCUT2D eigenvalue weighted by molar-refractivity contribution is 0.281. The molecule has 0 radical (unpaired) electrons. The summed E-state index contributed by atoms with van der Waals surface area (Å²) in [6.45, 7) is 3.71. The van der Waals surface area contributed by atoms with Crippen molar-refractivity contribution >= 4 is 6.08 Å². The largest absolute Gasteiger partial charge is 0.392 e. The van der Waals surface area contributed by atoms with Crippen LogP contribution in [0.2, 0.25) is 0 Å². The van der Waals surface area contributed by atoms with Crippen molar-refractivity contribution in [1.82, 2.24) is 4.90 Å². The molecular formula is C12H19NO. The van der Waals surface area contributed by atoms with Crippen molar-refractivity contribution in [2.45, 2.75) is 6.61 Å². The van der Waals surface area contributed by atoms with E-state index in [-0.39, 0.29) is 6.61 Å². The zero-order valence-corrected chi connectivity index (χ0v) is 9.20. The van der Waals surface area contributed by atoms with Gasteiger partial charge in [-0.1, -0.05) is 36.9 Å². The fourth-order valence-electron chi connectivity index (χ4n) is 0.877. The highest BCUT2D eigenvalue weighted by Gasteiger charge is 1.92. The molecule has 0 atom stereocenters. The monoisotopic (exact) mass is 193 g/mol. The third-order valence-corrected chi connectivity index (χ3v) is 1.45. The van der Waals surface area contributed by atoms with Crippen LogP contribution in [0.4, 0.5) is 0 Å². The van der Waals surface area contributed by atoms with E-state index >= 15 is 0 Å².